The highest BCUT2D eigenvalue weighted by molar-refractivity contribution is 5.88. The number of hydrogen-bond acceptors (Lipinski definition) is 5. The van der Waals surface area contributed by atoms with E-state index in [1.807, 2.05) is 0 Å². The molecule has 1 saturated carbocycles. The first-order valence-corrected chi connectivity index (χ1v) is 11.0. The third-order valence-corrected chi connectivity index (χ3v) is 6.41. The van der Waals surface area contributed by atoms with Gasteiger partial charge in [0.05, 0.1) is 12.6 Å². The number of halogens is 1. The number of aliphatic carboxylic acids is 1. The second-order valence-electron chi connectivity index (χ2n) is 8.45. The van der Waals surface area contributed by atoms with Crippen LogP contribution in [0.2, 0.25) is 0 Å². The molecule has 8 heteroatoms. The maximum absolute atomic E-state index is 13.2. The number of likely N-dealkylation sites (tertiary alicyclic amines) is 1. The Morgan fingerprint density at radius 1 is 1.26 bits per heavy atom. The van der Waals surface area contributed by atoms with Crippen molar-refractivity contribution < 1.29 is 28.6 Å². The van der Waals surface area contributed by atoms with E-state index in [0.29, 0.717) is 19.3 Å². The molecule has 0 aromatic heterocycles. The molecule has 2 fully saturated rings. The molecule has 0 spiro atoms. The van der Waals surface area contributed by atoms with Crippen molar-refractivity contribution in [3.8, 4) is 0 Å². The average molecular weight is 435 g/mol. The number of benzene rings is 1. The molecule has 2 aliphatic rings. The van der Waals surface area contributed by atoms with Gasteiger partial charge < -0.3 is 14.7 Å². The van der Waals surface area contributed by atoms with Crippen LogP contribution in [-0.4, -0.2) is 58.6 Å². The zero-order chi connectivity index (χ0) is 22.5. The predicted molar refractivity (Wildman–Crippen MR) is 112 cm³/mol. The summed E-state index contributed by atoms with van der Waals surface area (Å²) in [5.41, 5.74) is 0.871. The van der Waals surface area contributed by atoms with Crippen LogP contribution >= 0.6 is 0 Å². The minimum Gasteiger partial charge on any atom is -0.480 e. The molecule has 1 aliphatic heterocycles. The molecule has 0 unspecified atom stereocenters. The molecule has 7 nitrogen and oxygen atoms in total. The van der Waals surface area contributed by atoms with Gasteiger partial charge >= 0.3 is 11.9 Å². The maximum Gasteiger partial charge on any atom is 0.326 e. The monoisotopic (exact) mass is 434 g/mol. The molecule has 1 aliphatic carbocycles. The third-order valence-electron chi connectivity index (χ3n) is 6.41. The predicted octanol–water partition coefficient (Wildman–Crippen LogP) is 2.52. The Bertz CT molecular complexity index is 800. The van der Waals surface area contributed by atoms with Gasteiger partial charge in [-0.1, -0.05) is 18.6 Å². The Kier molecular flexibility index (Phi) is 7.64. The standard InChI is InChI=1S/C23H31FN2O5/c1-3-31-23(30)18(12-9-15-7-10-17(24)11-8-15)25-14(2)21(27)26-19-6-4-5-16(19)13-20(26)22(28)29/h7-8,10-11,14,16,18-20,25H,3-6,9,12-13H2,1-2H3,(H,28,29)/t14-,16-,18-,19-,20-/m0/s1. The first-order chi connectivity index (χ1) is 14.8. The lowest BCUT2D eigenvalue weighted by atomic mass is 10.0. The number of hydrogen-bond donors (Lipinski definition) is 2. The van der Waals surface area contributed by atoms with Crippen LogP contribution in [0.1, 0.15) is 51.5 Å². The number of carboxylic acid groups (broad SMARTS) is 1. The van der Waals surface area contributed by atoms with Crippen molar-refractivity contribution in [1.29, 1.82) is 0 Å². The van der Waals surface area contributed by atoms with Crippen molar-refractivity contribution in [3.05, 3.63) is 35.6 Å². The van der Waals surface area contributed by atoms with Gasteiger partial charge in [-0.3, -0.25) is 14.9 Å². The highest BCUT2D eigenvalue weighted by Gasteiger charge is 2.49. The van der Waals surface area contributed by atoms with Crippen molar-refractivity contribution in [2.24, 2.45) is 5.92 Å². The fourth-order valence-corrected chi connectivity index (χ4v) is 4.90. The van der Waals surface area contributed by atoms with Gasteiger partial charge in [0.2, 0.25) is 5.91 Å². The smallest absolute Gasteiger partial charge is 0.326 e. The van der Waals surface area contributed by atoms with Crippen molar-refractivity contribution >= 4 is 17.8 Å². The van der Waals surface area contributed by atoms with Crippen molar-refractivity contribution in [1.82, 2.24) is 10.2 Å². The molecule has 1 saturated heterocycles. The molecule has 0 bridgehead atoms. The summed E-state index contributed by atoms with van der Waals surface area (Å²) in [6.45, 7) is 3.59. The zero-order valence-corrected chi connectivity index (χ0v) is 18.1. The summed E-state index contributed by atoms with van der Waals surface area (Å²) in [6.07, 6.45) is 4.13. The molecule has 1 heterocycles. The number of carbonyl (C=O) groups excluding carboxylic acids is 2. The van der Waals surface area contributed by atoms with E-state index in [9.17, 15) is 23.9 Å². The molecular formula is C23H31FN2O5. The molecule has 170 valence electrons. The lowest BCUT2D eigenvalue weighted by Gasteiger charge is -2.31. The first kappa shape index (κ1) is 23.2. The quantitative estimate of drug-likeness (QED) is 0.580. The molecule has 1 amide bonds. The largest absolute Gasteiger partial charge is 0.480 e. The number of nitrogens with zero attached hydrogens (tertiary/aromatic N) is 1. The van der Waals surface area contributed by atoms with Gasteiger partial charge in [0, 0.05) is 6.04 Å². The van der Waals surface area contributed by atoms with Crippen LogP contribution in [0.3, 0.4) is 0 Å². The fraction of sp³-hybridized carbons (Fsp3) is 0.609. The first-order valence-electron chi connectivity index (χ1n) is 11.0. The summed E-state index contributed by atoms with van der Waals surface area (Å²) in [6, 6.07) is 3.74. The second kappa shape index (κ2) is 10.2. The minimum absolute atomic E-state index is 0.0434. The zero-order valence-electron chi connectivity index (χ0n) is 18.1. The van der Waals surface area contributed by atoms with Gasteiger partial charge in [-0.25, -0.2) is 9.18 Å². The highest BCUT2D eigenvalue weighted by Crippen LogP contribution is 2.41. The molecule has 5 atom stereocenters. The molecule has 0 radical (unpaired) electrons. The number of carboxylic acids is 1. The van der Waals surface area contributed by atoms with E-state index in [-0.39, 0.29) is 30.3 Å². The summed E-state index contributed by atoms with van der Waals surface area (Å²) in [4.78, 5) is 39.0. The number of carbonyl (C=O) groups is 3. The summed E-state index contributed by atoms with van der Waals surface area (Å²) in [7, 11) is 0. The Morgan fingerprint density at radius 2 is 1.97 bits per heavy atom. The Hall–Kier alpha value is -2.48. The number of fused-ring (bicyclic) bond motifs is 1. The van der Waals surface area contributed by atoms with Gasteiger partial charge in [0.25, 0.3) is 0 Å². The lowest BCUT2D eigenvalue weighted by Crippen LogP contribution is -2.55. The number of esters is 1. The van der Waals surface area contributed by atoms with Crippen molar-refractivity contribution in [2.45, 2.75) is 76.5 Å². The van der Waals surface area contributed by atoms with Crippen LogP contribution in [-0.2, 0) is 25.5 Å². The number of amides is 1. The van der Waals surface area contributed by atoms with Crippen LogP contribution in [0.5, 0.6) is 0 Å². The number of ether oxygens (including phenoxy) is 1. The lowest BCUT2D eigenvalue weighted by molar-refractivity contribution is -0.151. The summed E-state index contributed by atoms with van der Waals surface area (Å²) in [5, 5.41) is 12.7. The van der Waals surface area contributed by atoms with E-state index in [0.717, 1.165) is 24.8 Å². The van der Waals surface area contributed by atoms with E-state index in [1.165, 1.54) is 17.0 Å². The second-order valence-corrected chi connectivity index (χ2v) is 8.45. The Labute approximate surface area is 181 Å². The summed E-state index contributed by atoms with van der Waals surface area (Å²) < 4.78 is 18.3. The average Bonchev–Trinajstić information content (AvgIpc) is 3.33. The van der Waals surface area contributed by atoms with E-state index in [2.05, 4.69) is 5.32 Å². The molecule has 31 heavy (non-hydrogen) atoms. The van der Waals surface area contributed by atoms with Crippen LogP contribution in [0.15, 0.2) is 24.3 Å². The maximum atomic E-state index is 13.2. The van der Waals surface area contributed by atoms with Crippen LogP contribution in [0.4, 0.5) is 4.39 Å². The number of rotatable bonds is 9. The van der Waals surface area contributed by atoms with Crippen LogP contribution in [0, 0.1) is 11.7 Å². The molecule has 1 aromatic rings. The molecule has 1 aromatic carbocycles. The highest BCUT2D eigenvalue weighted by atomic mass is 19.1. The van der Waals surface area contributed by atoms with Crippen LogP contribution < -0.4 is 5.32 Å². The molecule has 3 rings (SSSR count). The van der Waals surface area contributed by atoms with E-state index >= 15 is 0 Å². The van der Waals surface area contributed by atoms with Crippen LogP contribution in [0.25, 0.3) is 0 Å². The van der Waals surface area contributed by atoms with E-state index in [4.69, 9.17) is 4.74 Å². The topological polar surface area (TPSA) is 95.9 Å². The number of nitrogens with one attached hydrogen (secondary N) is 1. The van der Waals surface area contributed by atoms with Crippen molar-refractivity contribution in [3.63, 3.8) is 0 Å². The third kappa shape index (κ3) is 5.42. The SMILES string of the molecule is CCOC(=O)[C@H](CCc1ccc(F)cc1)N[C@@H](C)C(=O)N1[C@H](C(=O)O)C[C@@H]2CCC[C@@H]21. The normalized spacial score (nSPS) is 24.5. The van der Waals surface area contributed by atoms with Gasteiger partial charge in [0.1, 0.15) is 17.9 Å². The summed E-state index contributed by atoms with van der Waals surface area (Å²) in [5.74, 6) is -1.83. The number of aryl methyl sites for hydroxylation is 1. The summed E-state index contributed by atoms with van der Waals surface area (Å²) >= 11 is 0. The van der Waals surface area contributed by atoms with Gasteiger partial charge in [-0.05, 0) is 69.6 Å². The Balaban J connectivity index is 1.68. The van der Waals surface area contributed by atoms with Crippen molar-refractivity contribution in [2.75, 3.05) is 6.61 Å². The minimum atomic E-state index is -0.979. The fourth-order valence-electron chi connectivity index (χ4n) is 4.90. The van der Waals surface area contributed by atoms with Gasteiger partial charge in [-0.15, -0.1) is 0 Å². The Morgan fingerprint density at radius 3 is 2.61 bits per heavy atom. The van der Waals surface area contributed by atoms with Gasteiger partial charge in [0.15, 0.2) is 0 Å². The molecule has 2 N–H and O–H groups in total. The van der Waals surface area contributed by atoms with E-state index in [1.54, 1.807) is 26.0 Å². The molecular weight excluding hydrogens is 403 g/mol. The van der Waals surface area contributed by atoms with Gasteiger partial charge in [-0.2, -0.15) is 0 Å². The van der Waals surface area contributed by atoms with E-state index < -0.39 is 30.1 Å².